The first-order chi connectivity index (χ1) is 13.1. The number of halogens is 2. The van der Waals surface area contributed by atoms with Crippen molar-refractivity contribution in [3.05, 3.63) is 64.6 Å². The zero-order valence-corrected chi connectivity index (χ0v) is 15.5. The van der Waals surface area contributed by atoms with Gasteiger partial charge in [-0.2, -0.15) is 0 Å². The van der Waals surface area contributed by atoms with E-state index < -0.39 is 11.8 Å². The second kappa shape index (κ2) is 7.24. The Labute approximate surface area is 161 Å². The van der Waals surface area contributed by atoms with E-state index in [1.54, 1.807) is 10.6 Å². The van der Waals surface area contributed by atoms with Gasteiger partial charge in [-0.05, 0) is 37.0 Å². The van der Waals surface area contributed by atoms with Crippen molar-refractivity contribution in [2.24, 2.45) is 0 Å². The fourth-order valence-electron chi connectivity index (χ4n) is 3.93. The van der Waals surface area contributed by atoms with Crippen LogP contribution < -0.4 is 4.90 Å². The molecule has 0 atom stereocenters. The maximum atomic E-state index is 14.3. The minimum absolute atomic E-state index is 0.0117. The van der Waals surface area contributed by atoms with Crippen LogP contribution in [0, 0.1) is 5.82 Å². The van der Waals surface area contributed by atoms with E-state index in [4.69, 9.17) is 11.6 Å². The molecular formula is C21H20ClFN2O2. The molecule has 4 rings (SSSR count). The Kier molecular flexibility index (Phi) is 4.79. The molecule has 6 heteroatoms. The molecular weight excluding hydrogens is 367 g/mol. The number of carboxylic acids is 1. The summed E-state index contributed by atoms with van der Waals surface area (Å²) in [5, 5.41) is 10.5. The number of carbonyl (C=O) groups is 1. The molecule has 1 N–H and O–H groups in total. The number of hydrogen-bond acceptors (Lipinski definition) is 2. The smallest absolute Gasteiger partial charge is 0.354 e. The molecule has 0 saturated carbocycles. The molecule has 0 unspecified atom stereocenters. The van der Waals surface area contributed by atoms with Crippen LogP contribution in [0.15, 0.2) is 42.5 Å². The van der Waals surface area contributed by atoms with Crippen LogP contribution in [0.5, 0.6) is 0 Å². The number of benzene rings is 2. The Morgan fingerprint density at radius 1 is 1.07 bits per heavy atom. The van der Waals surface area contributed by atoms with Crippen molar-refractivity contribution in [2.45, 2.75) is 25.8 Å². The average Bonchev–Trinajstić information content (AvgIpc) is 3.01. The van der Waals surface area contributed by atoms with Gasteiger partial charge in [-0.3, -0.25) is 0 Å². The molecule has 1 aromatic heterocycles. The fourth-order valence-corrected chi connectivity index (χ4v) is 4.18. The van der Waals surface area contributed by atoms with E-state index in [0.717, 1.165) is 37.9 Å². The molecule has 0 spiro atoms. The number of aromatic carboxylic acids is 1. The zero-order valence-electron chi connectivity index (χ0n) is 14.8. The highest BCUT2D eigenvalue weighted by Gasteiger charge is 2.29. The lowest BCUT2D eigenvalue weighted by atomic mass is 10.1. The molecule has 0 radical (unpaired) electrons. The molecule has 0 bridgehead atoms. The molecule has 27 heavy (non-hydrogen) atoms. The van der Waals surface area contributed by atoms with Gasteiger partial charge in [0.1, 0.15) is 5.82 Å². The molecule has 0 amide bonds. The fraction of sp³-hybridized carbons (Fsp3) is 0.286. The zero-order chi connectivity index (χ0) is 19.0. The maximum Gasteiger partial charge on any atom is 0.354 e. The topological polar surface area (TPSA) is 45.5 Å². The molecule has 4 nitrogen and oxygen atoms in total. The number of carboxylic acid groups (broad SMARTS) is 1. The number of aromatic nitrogens is 1. The van der Waals surface area contributed by atoms with Gasteiger partial charge in [0, 0.05) is 25.0 Å². The second-order valence-corrected chi connectivity index (χ2v) is 7.26. The Hall–Kier alpha value is -2.53. The lowest BCUT2D eigenvalue weighted by Crippen LogP contribution is -2.31. The summed E-state index contributed by atoms with van der Waals surface area (Å²) in [6.07, 6.45) is 3.08. The van der Waals surface area contributed by atoms with Gasteiger partial charge in [-0.25, -0.2) is 9.18 Å². The highest BCUT2D eigenvalue weighted by atomic mass is 35.5. The van der Waals surface area contributed by atoms with Crippen LogP contribution >= 0.6 is 11.6 Å². The van der Waals surface area contributed by atoms with Crippen LogP contribution in [-0.2, 0) is 6.54 Å². The Balaban J connectivity index is 2.00. The quantitative estimate of drug-likeness (QED) is 0.672. The Bertz CT molecular complexity index is 995. The van der Waals surface area contributed by atoms with E-state index >= 15 is 0 Å². The van der Waals surface area contributed by atoms with Crippen molar-refractivity contribution in [1.29, 1.82) is 0 Å². The van der Waals surface area contributed by atoms with Gasteiger partial charge in [0.15, 0.2) is 5.69 Å². The molecule has 3 aromatic rings. The summed E-state index contributed by atoms with van der Waals surface area (Å²) in [6.45, 7) is 1.88. The Morgan fingerprint density at radius 2 is 1.78 bits per heavy atom. The van der Waals surface area contributed by atoms with E-state index in [1.807, 2.05) is 35.2 Å². The standard InChI is InChI=1S/C21H20ClFN2O2/c22-18-15(23)9-10-16-17(18)19(24-11-5-2-6-12-24)20(21(26)27)25(16)13-14-7-3-1-4-8-14/h1,3-4,7-10H,2,5-6,11-13H2,(H,26,27). The first-order valence-electron chi connectivity index (χ1n) is 9.10. The average molecular weight is 387 g/mol. The molecule has 2 heterocycles. The number of piperidine rings is 1. The van der Waals surface area contributed by atoms with Gasteiger partial charge in [0.25, 0.3) is 0 Å². The number of fused-ring (bicyclic) bond motifs is 1. The first-order valence-corrected chi connectivity index (χ1v) is 9.48. The number of nitrogens with zero attached hydrogens (tertiary/aromatic N) is 2. The first kappa shape index (κ1) is 17.9. The van der Waals surface area contributed by atoms with Crippen LogP contribution in [0.1, 0.15) is 35.3 Å². The molecule has 1 fully saturated rings. The van der Waals surface area contributed by atoms with Crippen molar-refractivity contribution >= 4 is 34.2 Å². The second-order valence-electron chi connectivity index (χ2n) is 6.88. The van der Waals surface area contributed by atoms with Gasteiger partial charge in [0.2, 0.25) is 0 Å². The number of hydrogen-bond donors (Lipinski definition) is 1. The Morgan fingerprint density at radius 3 is 2.44 bits per heavy atom. The van der Waals surface area contributed by atoms with Crippen LogP contribution in [-0.4, -0.2) is 28.7 Å². The molecule has 1 saturated heterocycles. The highest BCUT2D eigenvalue weighted by molar-refractivity contribution is 6.37. The predicted molar refractivity (Wildman–Crippen MR) is 105 cm³/mol. The minimum Gasteiger partial charge on any atom is -0.477 e. The van der Waals surface area contributed by atoms with Crippen molar-refractivity contribution in [3.63, 3.8) is 0 Å². The van der Waals surface area contributed by atoms with E-state index in [9.17, 15) is 14.3 Å². The third kappa shape index (κ3) is 3.16. The van der Waals surface area contributed by atoms with Gasteiger partial charge >= 0.3 is 5.97 Å². The van der Waals surface area contributed by atoms with Crippen LogP contribution in [0.25, 0.3) is 10.9 Å². The van der Waals surface area contributed by atoms with Gasteiger partial charge < -0.3 is 14.6 Å². The van der Waals surface area contributed by atoms with Crippen LogP contribution in [0.2, 0.25) is 5.02 Å². The summed E-state index contributed by atoms with van der Waals surface area (Å²) >= 11 is 6.34. The summed E-state index contributed by atoms with van der Waals surface area (Å²) in [5.41, 5.74) is 2.33. The lowest BCUT2D eigenvalue weighted by Gasteiger charge is -2.29. The summed E-state index contributed by atoms with van der Waals surface area (Å²) in [4.78, 5) is 14.3. The summed E-state index contributed by atoms with van der Waals surface area (Å²) in [7, 11) is 0. The molecule has 140 valence electrons. The molecule has 2 aromatic carbocycles. The largest absolute Gasteiger partial charge is 0.477 e. The molecule has 0 aliphatic carbocycles. The van der Waals surface area contributed by atoms with Gasteiger partial charge in [-0.1, -0.05) is 41.9 Å². The van der Waals surface area contributed by atoms with Crippen molar-refractivity contribution < 1.29 is 14.3 Å². The highest BCUT2D eigenvalue weighted by Crippen LogP contribution is 2.41. The van der Waals surface area contributed by atoms with E-state index in [1.165, 1.54) is 6.07 Å². The van der Waals surface area contributed by atoms with Gasteiger partial charge in [-0.15, -0.1) is 0 Å². The number of rotatable bonds is 4. The maximum absolute atomic E-state index is 14.3. The van der Waals surface area contributed by atoms with E-state index in [0.29, 0.717) is 23.1 Å². The SMILES string of the molecule is O=C(O)c1c(N2CCCCC2)c2c(Cl)c(F)ccc2n1Cc1ccccc1. The summed E-state index contributed by atoms with van der Waals surface area (Å²) in [5.74, 6) is -1.56. The minimum atomic E-state index is -1.03. The van der Waals surface area contributed by atoms with E-state index in [-0.39, 0.29) is 10.7 Å². The van der Waals surface area contributed by atoms with Crippen LogP contribution in [0.3, 0.4) is 0 Å². The third-order valence-corrected chi connectivity index (χ3v) is 5.52. The van der Waals surface area contributed by atoms with Crippen molar-refractivity contribution in [2.75, 3.05) is 18.0 Å². The van der Waals surface area contributed by atoms with Crippen molar-refractivity contribution in [3.8, 4) is 0 Å². The molecule has 1 aliphatic rings. The third-order valence-electron chi connectivity index (χ3n) is 5.15. The molecule has 1 aliphatic heterocycles. The normalized spacial score (nSPS) is 14.7. The number of anilines is 1. The summed E-state index contributed by atoms with van der Waals surface area (Å²) in [6, 6.07) is 12.6. The lowest BCUT2D eigenvalue weighted by molar-refractivity contribution is 0.0687. The predicted octanol–water partition coefficient (Wildman–Crippen LogP) is 5.17. The van der Waals surface area contributed by atoms with Crippen molar-refractivity contribution in [1.82, 2.24) is 4.57 Å². The van der Waals surface area contributed by atoms with Gasteiger partial charge in [0.05, 0.1) is 16.2 Å². The van der Waals surface area contributed by atoms with Crippen LogP contribution in [0.4, 0.5) is 10.1 Å². The van der Waals surface area contributed by atoms with E-state index in [2.05, 4.69) is 0 Å². The monoisotopic (exact) mass is 386 g/mol. The summed E-state index contributed by atoms with van der Waals surface area (Å²) < 4.78 is 16.0.